The van der Waals surface area contributed by atoms with Gasteiger partial charge in [0.1, 0.15) is 6.33 Å². The number of hydrogen-bond acceptors (Lipinski definition) is 4. The summed E-state index contributed by atoms with van der Waals surface area (Å²) in [6.07, 6.45) is 4.89. The zero-order valence-corrected chi connectivity index (χ0v) is 9.02. The number of thiophene rings is 1. The normalized spacial score (nSPS) is 10.8. The van der Waals surface area contributed by atoms with Gasteiger partial charge in [0.05, 0.1) is 5.69 Å². The van der Waals surface area contributed by atoms with Crippen LogP contribution in [-0.2, 0) is 0 Å². The second-order valence-corrected chi connectivity index (χ2v) is 3.80. The first-order chi connectivity index (χ1) is 7.75. The Morgan fingerprint density at radius 3 is 2.94 bits per heavy atom. The van der Waals surface area contributed by atoms with Gasteiger partial charge in [-0.05, 0) is 34.5 Å². The predicted octanol–water partition coefficient (Wildman–Crippen LogP) is 2.41. The first-order valence-electron chi connectivity index (χ1n) is 4.51. The van der Waals surface area contributed by atoms with Crippen molar-refractivity contribution in [3.63, 3.8) is 0 Å². The maximum atomic E-state index is 10.7. The predicted molar refractivity (Wildman–Crippen MR) is 62.2 cm³/mol. The van der Waals surface area contributed by atoms with Crippen molar-refractivity contribution in [2.75, 3.05) is 0 Å². The average Bonchev–Trinajstić information content (AvgIpc) is 2.79. The van der Waals surface area contributed by atoms with Gasteiger partial charge in [-0.2, -0.15) is 11.3 Å². The molecule has 2 aromatic heterocycles. The fourth-order valence-electron chi connectivity index (χ4n) is 1.13. The molecule has 2 aromatic rings. The van der Waals surface area contributed by atoms with Gasteiger partial charge in [0, 0.05) is 0 Å². The highest BCUT2D eigenvalue weighted by Crippen LogP contribution is 2.10. The highest BCUT2D eigenvalue weighted by molar-refractivity contribution is 7.08. The largest absolute Gasteiger partial charge is 0.477 e. The van der Waals surface area contributed by atoms with Crippen molar-refractivity contribution in [2.45, 2.75) is 0 Å². The van der Waals surface area contributed by atoms with E-state index in [0.717, 1.165) is 5.56 Å². The van der Waals surface area contributed by atoms with Gasteiger partial charge in [0.2, 0.25) is 0 Å². The summed E-state index contributed by atoms with van der Waals surface area (Å²) in [6, 6.07) is 3.41. The lowest BCUT2D eigenvalue weighted by Crippen LogP contribution is -2.00. The van der Waals surface area contributed by atoms with Gasteiger partial charge in [0.25, 0.3) is 0 Å². The minimum absolute atomic E-state index is 0.0000291. The topological polar surface area (TPSA) is 63.1 Å². The number of aromatic carboxylic acids is 1. The van der Waals surface area contributed by atoms with Crippen LogP contribution in [0.4, 0.5) is 0 Å². The molecule has 16 heavy (non-hydrogen) atoms. The average molecular weight is 232 g/mol. The number of hydrogen-bond donors (Lipinski definition) is 1. The molecule has 0 bridgehead atoms. The van der Waals surface area contributed by atoms with E-state index in [2.05, 4.69) is 9.97 Å². The Kier molecular flexibility index (Phi) is 3.07. The van der Waals surface area contributed by atoms with Crippen LogP contribution in [0.5, 0.6) is 0 Å². The van der Waals surface area contributed by atoms with Crippen molar-refractivity contribution in [1.29, 1.82) is 0 Å². The summed E-state index contributed by atoms with van der Waals surface area (Å²) in [7, 11) is 0. The zero-order chi connectivity index (χ0) is 11.4. The van der Waals surface area contributed by atoms with Crippen LogP contribution in [0.3, 0.4) is 0 Å². The van der Waals surface area contributed by atoms with Gasteiger partial charge >= 0.3 is 5.97 Å². The van der Waals surface area contributed by atoms with Gasteiger partial charge in [-0.15, -0.1) is 0 Å². The highest BCUT2D eigenvalue weighted by Gasteiger charge is 2.03. The Labute approximate surface area is 95.9 Å². The first kappa shape index (κ1) is 10.5. The summed E-state index contributed by atoms with van der Waals surface area (Å²) >= 11 is 1.60. The van der Waals surface area contributed by atoms with Crippen LogP contribution in [0.1, 0.15) is 21.7 Å². The summed E-state index contributed by atoms with van der Waals surface area (Å²) in [5, 5.41) is 12.7. The van der Waals surface area contributed by atoms with E-state index in [9.17, 15) is 4.79 Å². The van der Waals surface area contributed by atoms with Gasteiger partial charge in [0.15, 0.2) is 5.69 Å². The van der Waals surface area contributed by atoms with E-state index in [1.807, 2.05) is 22.9 Å². The standard InChI is InChI=1S/C11H8N2O2S/c14-11(15)10-5-9(12-7-13-10)2-1-8-3-4-16-6-8/h1-7H,(H,14,15)/b2-1+. The molecule has 2 rings (SSSR count). The van der Waals surface area contributed by atoms with Crippen molar-refractivity contribution in [3.05, 3.63) is 46.2 Å². The Morgan fingerprint density at radius 2 is 2.25 bits per heavy atom. The number of carboxylic acids is 1. The smallest absolute Gasteiger partial charge is 0.354 e. The molecule has 5 heteroatoms. The molecule has 0 aliphatic carbocycles. The molecule has 1 N–H and O–H groups in total. The van der Waals surface area contributed by atoms with E-state index in [0.29, 0.717) is 5.69 Å². The monoisotopic (exact) mass is 232 g/mol. The zero-order valence-electron chi connectivity index (χ0n) is 8.20. The van der Waals surface area contributed by atoms with Crippen molar-refractivity contribution in [1.82, 2.24) is 9.97 Å². The molecule has 0 spiro atoms. The van der Waals surface area contributed by atoms with E-state index in [1.165, 1.54) is 12.4 Å². The lowest BCUT2D eigenvalue weighted by molar-refractivity contribution is 0.0690. The van der Waals surface area contributed by atoms with Crippen LogP contribution in [0, 0.1) is 0 Å². The van der Waals surface area contributed by atoms with Crippen LogP contribution >= 0.6 is 11.3 Å². The Bertz CT molecular complexity index is 521. The van der Waals surface area contributed by atoms with Crippen LogP contribution in [0.2, 0.25) is 0 Å². The molecular formula is C11H8N2O2S. The molecule has 0 aliphatic heterocycles. The molecule has 0 atom stereocenters. The van der Waals surface area contributed by atoms with E-state index < -0.39 is 5.97 Å². The van der Waals surface area contributed by atoms with Gasteiger partial charge in [-0.25, -0.2) is 14.8 Å². The Morgan fingerprint density at radius 1 is 1.38 bits per heavy atom. The van der Waals surface area contributed by atoms with Crippen molar-refractivity contribution >= 4 is 29.5 Å². The third-order valence-electron chi connectivity index (χ3n) is 1.90. The van der Waals surface area contributed by atoms with Crippen LogP contribution in [-0.4, -0.2) is 21.0 Å². The van der Waals surface area contributed by atoms with Gasteiger partial charge in [-0.3, -0.25) is 0 Å². The van der Waals surface area contributed by atoms with Crippen LogP contribution < -0.4 is 0 Å². The second-order valence-electron chi connectivity index (χ2n) is 3.02. The minimum Gasteiger partial charge on any atom is -0.477 e. The molecule has 4 nitrogen and oxygen atoms in total. The summed E-state index contributed by atoms with van der Waals surface area (Å²) in [5.41, 5.74) is 1.65. The van der Waals surface area contributed by atoms with Crippen LogP contribution in [0.25, 0.3) is 12.2 Å². The number of carbonyl (C=O) groups is 1. The van der Waals surface area contributed by atoms with E-state index >= 15 is 0 Å². The summed E-state index contributed by atoms with van der Waals surface area (Å²) < 4.78 is 0. The van der Waals surface area contributed by atoms with E-state index in [4.69, 9.17) is 5.11 Å². The highest BCUT2D eigenvalue weighted by atomic mass is 32.1. The molecule has 0 amide bonds. The number of aromatic nitrogens is 2. The number of nitrogens with zero attached hydrogens (tertiary/aromatic N) is 2. The van der Waals surface area contributed by atoms with Crippen molar-refractivity contribution in [2.24, 2.45) is 0 Å². The lowest BCUT2D eigenvalue weighted by atomic mass is 10.2. The van der Waals surface area contributed by atoms with Gasteiger partial charge < -0.3 is 5.11 Å². The first-order valence-corrected chi connectivity index (χ1v) is 5.45. The van der Waals surface area contributed by atoms with Crippen LogP contribution in [0.15, 0.2) is 29.2 Å². The molecular weight excluding hydrogens is 224 g/mol. The molecule has 2 heterocycles. The summed E-state index contributed by atoms with van der Waals surface area (Å²) in [5.74, 6) is -1.05. The van der Waals surface area contributed by atoms with E-state index in [-0.39, 0.29) is 5.69 Å². The fraction of sp³-hybridized carbons (Fsp3) is 0. The summed E-state index contributed by atoms with van der Waals surface area (Å²) in [4.78, 5) is 18.3. The molecule has 0 saturated carbocycles. The molecule has 0 unspecified atom stereocenters. The second kappa shape index (κ2) is 4.67. The molecule has 0 fully saturated rings. The SMILES string of the molecule is O=C(O)c1cc(/C=C/c2ccsc2)ncn1. The Balaban J connectivity index is 2.22. The fourth-order valence-corrected chi connectivity index (χ4v) is 1.76. The third kappa shape index (κ3) is 2.52. The maximum absolute atomic E-state index is 10.7. The summed E-state index contributed by atoms with van der Waals surface area (Å²) in [6.45, 7) is 0. The molecule has 0 aliphatic rings. The van der Waals surface area contributed by atoms with Gasteiger partial charge in [-0.1, -0.05) is 6.08 Å². The quantitative estimate of drug-likeness (QED) is 0.882. The van der Waals surface area contributed by atoms with E-state index in [1.54, 1.807) is 17.4 Å². The lowest BCUT2D eigenvalue weighted by Gasteiger charge is -1.94. The molecule has 80 valence electrons. The molecule has 0 saturated heterocycles. The molecule has 0 aromatic carbocycles. The van der Waals surface area contributed by atoms with Crippen molar-refractivity contribution < 1.29 is 9.90 Å². The number of rotatable bonds is 3. The van der Waals surface area contributed by atoms with Crippen molar-refractivity contribution in [3.8, 4) is 0 Å². The third-order valence-corrected chi connectivity index (χ3v) is 2.60. The minimum atomic E-state index is -1.05. The number of carboxylic acid groups (broad SMARTS) is 1. The molecule has 0 radical (unpaired) electrons. The maximum Gasteiger partial charge on any atom is 0.354 e. The Hall–Kier alpha value is -2.01.